The van der Waals surface area contributed by atoms with E-state index < -0.39 is 0 Å². The first-order valence-corrected chi connectivity index (χ1v) is 6.35. The third kappa shape index (κ3) is 2.21. The van der Waals surface area contributed by atoms with Crippen molar-refractivity contribution in [1.82, 2.24) is 9.97 Å². The highest BCUT2D eigenvalue weighted by Gasteiger charge is 2.13. The number of nitriles is 1. The lowest BCUT2D eigenvalue weighted by Crippen LogP contribution is -2.04. The zero-order chi connectivity index (χ0) is 13.1. The van der Waals surface area contributed by atoms with E-state index in [0.29, 0.717) is 5.69 Å². The summed E-state index contributed by atoms with van der Waals surface area (Å²) in [5, 5.41) is 9.12. The van der Waals surface area contributed by atoms with Crippen LogP contribution in [-0.2, 0) is 0 Å². The molecular weight excluding hydrogens is 246 g/mol. The fourth-order valence-corrected chi connectivity index (χ4v) is 2.05. The number of anilines is 2. The molecule has 0 spiro atoms. The van der Waals surface area contributed by atoms with Crippen molar-refractivity contribution in [2.45, 2.75) is 4.90 Å². The lowest BCUT2D eigenvalue weighted by molar-refractivity contribution is 1.18. The van der Waals surface area contributed by atoms with Crippen molar-refractivity contribution >= 4 is 23.5 Å². The minimum Gasteiger partial charge on any atom is -0.382 e. The van der Waals surface area contributed by atoms with E-state index in [1.165, 1.54) is 0 Å². The monoisotopic (exact) mass is 257 g/mol. The van der Waals surface area contributed by atoms with Crippen LogP contribution in [0.2, 0.25) is 0 Å². The number of hydrogen-bond donors (Lipinski definition) is 2. The van der Waals surface area contributed by atoms with Crippen LogP contribution in [0.15, 0.2) is 29.2 Å². The van der Waals surface area contributed by atoms with Crippen molar-refractivity contribution in [3.8, 4) is 17.3 Å². The Morgan fingerprint density at radius 1 is 1.28 bits per heavy atom. The Morgan fingerprint density at radius 3 is 2.72 bits per heavy atom. The summed E-state index contributed by atoms with van der Waals surface area (Å²) in [5.74, 6) is 0.172. The van der Waals surface area contributed by atoms with E-state index >= 15 is 0 Å². The van der Waals surface area contributed by atoms with Crippen molar-refractivity contribution in [1.29, 1.82) is 5.26 Å². The Bertz CT molecular complexity index is 633. The van der Waals surface area contributed by atoms with Gasteiger partial charge in [-0.2, -0.15) is 10.2 Å². The number of benzene rings is 1. The highest BCUT2D eigenvalue weighted by molar-refractivity contribution is 7.98. The fraction of sp³-hybridized carbons (Fsp3) is 0.0833. The third-order valence-electron chi connectivity index (χ3n) is 2.41. The summed E-state index contributed by atoms with van der Waals surface area (Å²) < 4.78 is 0. The SMILES string of the molecule is CSc1cccc(-c2nc(N)nc(N)c2C#N)c1. The zero-order valence-corrected chi connectivity index (χ0v) is 10.5. The van der Waals surface area contributed by atoms with Crippen LogP contribution in [0.1, 0.15) is 5.56 Å². The highest BCUT2D eigenvalue weighted by atomic mass is 32.2. The maximum absolute atomic E-state index is 9.12. The molecule has 0 aliphatic heterocycles. The molecule has 5 nitrogen and oxygen atoms in total. The second-order valence-electron chi connectivity index (χ2n) is 3.53. The predicted octanol–water partition coefficient (Wildman–Crippen LogP) is 1.90. The van der Waals surface area contributed by atoms with Crippen molar-refractivity contribution in [2.75, 3.05) is 17.7 Å². The van der Waals surface area contributed by atoms with Crippen LogP contribution >= 0.6 is 11.8 Å². The first-order valence-electron chi connectivity index (χ1n) is 5.13. The molecule has 6 heteroatoms. The maximum atomic E-state index is 9.12. The van der Waals surface area contributed by atoms with E-state index in [1.807, 2.05) is 36.6 Å². The van der Waals surface area contributed by atoms with Crippen LogP contribution in [0.3, 0.4) is 0 Å². The molecule has 0 fully saturated rings. The average molecular weight is 257 g/mol. The van der Waals surface area contributed by atoms with Gasteiger partial charge >= 0.3 is 0 Å². The molecule has 2 rings (SSSR count). The molecule has 90 valence electrons. The number of hydrogen-bond acceptors (Lipinski definition) is 6. The van der Waals surface area contributed by atoms with Gasteiger partial charge in [0.25, 0.3) is 0 Å². The number of nitrogen functional groups attached to an aromatic ring is 2. The Morgan fingerprint density at radius 2 is 2.06 bits per heavy atom. The molecule has 0 aliphatic rings. The summed E-state index contributed by atoms with van der Waals surface area (Å²) in [6.07, 6.45) is 1.98. The van der Waals surface area contributed by atoms with Crippen LogP contribution < -0.4 is 11.5 Å². The van der Waals surface area contributed by atoms with Crippen LogP contribution in [0.25, 0.3) is 11.3 Å². The quantitative estimate of drug-likeness (QED) is 0.797. The van der Waals surface area contributed by atoms with E-state index in [9.17, 15) is 0 Å². The van der Waals surface area contributed by atoms with E-state index in [4.69, 9.17) is 16.7 Å². The first kappa shape index (κ1) is 12.2. The van der Waals surface area contributed by atoms with Gasteiger partial charge < -0.3 is 11.5 Å². The Balaban J connectivity index is 2.66. The first-order chi connectivity index (χ1) is 8.65. The van der Waals surface area contributed by atoms with Gasteiger partial charge in [0.15, 0.2) is 0 Å². The van der Waals surface area contributed by atoms with E-state index in [1.54, 1.807) is 11.8 Å². The number of nitrogens with zero attached hydrogens (tertiary/aromatic N) is 3. The van der Waals surface area contributed by atoms with Crippen molar-refractivity contribution in [2.24, 2.45) is 0 Å². The van der Waals surface area contributed by atoms with Crippen LogP contribution in [0.5, 0.6) is 0 Å². The van der Waals surface area contributed by atoms with Gasteiger partial charge in [0.05, 0.1) is 5.69 Å². The molecule has 0 amide bonds. The van der Waals surface area contributed by atoms with Crippen LogP contribution in [-0.4, -0.2) is 16.2 Å². The Labute approximate surface area is 109 Å². The fourth-order valence-electron chi connectivity index (χ4n) is 1.59. The smallest absolute Gasteiger partial charge is 0.222 e. The van der Waals surface area contributed by atoms with E-state index in [2.05, 4.69) is 9.97 Å². The summed E-state index contributed by atoms with van der Waals surface area (Å²) in [6.45, 7) is 0. The van der Waals surface area contributed by atoms with Gasteiger partial charge in [-0.3, -0.25) is 0 Å². The molecule has 0 unspecified atom stereocenters. The van der Waals surface area contributed by atoms with Gasteiger partial charge in [0.2, 0.25) is 5.95 Å². The van der Waals surface area contributed by atoms with Crippen LogP contribution in [0, 0.1) is 11.3 Å². The average Bonchev–Trinajstić information content (AvgIpc) is 2.38. The highest BCUT2D eigenvalue weighted by Crippen LogP contribution is 2.28. The number of thioether (sulfide) groups is 1. The number of rotatable bonds is 2. The van der Waals surface area contributed by atoms with Crippen LogP contribution in [0.4, 0.5) is 11.8 Å². The molecule has 0 saturated carbocycles. The maximum Gasteiger partial charge on any atom is 0.222 e. The second-order valence-corrected chi connectivity index (χ2v) is 4.41. The molecule has 1 aromatic heterocycles. The van der Waals surface area contributed by atoms with Crippen molar-refractivity contribution < 1.29 is 0 Å². The van der Waals surface area contributed by atoms with Crippen molar-refractivity contribution in [3.63, 3.8) is 0 Å². The molecule has 0 atom stereocenters. The molecule has 1 aromatic carbocycles. The van der Waals surface area contributed by atoms with Gasteiger partial charge in [0, 0.05) is 10.5 Å². The lowest BCUT2D eigenvalue weighted by atomic mass is 10.1. The number of nitrogens with two attached hydrogens (primary N) is 2. The van der Waals surface area contributed by atoms with Gasteiger partial charge in [0.1, 0.15) is 17.5 Å². The minimum absolute atomic E-state index is 0.0658. The molecule has 4 N–H and O–H groups in total. The van der Waals surface area contributed by atoms with Gasteiger partial charge in [-0.1, -0.05) is 12.1 Å². The summed E-state index contributed by atoms with van der Waals surface area (Å²) in [5.41, 5.74) is 12.8. The molecule has 0 bridgehead atoms. The molecule has 1 heterocycles. The summed E-state index contributed by atoms with van der Waals surface area (Å²) in [7, 11) is 0. The zero-order valence-electron chi connectivity index (χ0n) is 9.71. The largest absolute Gasteiger partial charge is 0.382 e. The minimum atomic E-state index is 0.0658. The van der Waals surface area contributed by atoms with Gasteiger partial charge in [-0.15, -0.1) is 11.8 Å². The summed E-state index contributed by atoms with van der Waals surface area (Å²) >= 11 is 1.61. The summed E-state index contributed by atoms with van der Waals surface area (Å²) in [6, 6.07) is 9.69. The third-order valence-corrected chi connectivity index (χ3v) is 3.13. The summed E-state index contributed by atoms with van der Waals surface area (Å²) in [4.78, 5) is 8.97. The van der Waals surface area contributed by atoms with Gasteiger partial charge in [-0.05, 0) is 18.4 Å². The standard InChI is InChI=1S/C12H11N5S/c1-18-8-4-2-3-7(5-8)10-9(6-13)11(14)17-12(15)16-10/h2-5H,1H3,(H4,14,15,16,17). The Hall–Kier alpha value is -2.26. The topological polar surface area (TPSA) is 102 Å². The molecule has 18 heavy (non-hydrogen) atoms. The van der Waals surface area contributed by atoms with E-state index in [0.717, 1.165) is 10.5 Å². The van der Waals surface area contributed by atoms with Crippen molar-refractivity contribution in [3.05, 3.63) is 29.8 Å². The Kier molecular flexibility index (Phi) is 3.35. The van der Waals surface area contributed by atoms with E-state index in [-0.39, 0.29) is 17.3 Å². The molecular formula is C12H11N5S. The molecule has 0 saturated heterocycles. The molecule has 2 aromatic rings. The second kappa shape index (κ2) is 4.94. The predicted molar refractivity (Wildman–Crippen MR) is 72.8 cm³/mol. The molecule has 0 radical (unpaired) electrons. The number of aromatic nitrogens is 2. The van der Waals surface area contributed by atoms with Gasteiger partial charge in [-0.25, -0.2) is 4.98 Å². The normalized spacial score (nSPS) is 10.0. The lowest BCUT2D eigenvalue weighted by Gasteiger charge is -2.07. The molecule has 0 aliphatic carbocycles.